The van der Waals surface area contributed by atoms with Gasteiger partial charge < -0.3 is 15.4 Å². The molecular weight excluding hydrogens is 338 g/mol. The van der Waals surface area contributed by atoms with Crippen molar-refractivity contribution in [2.45, 2.75) is 20.3 Å². The Morgan fingerprint density at radius 2 is 1.89 bits per heavy atom. The second kappa shape index (κ2) is 8.36. The Labute approximate surface area is 159 Å². The molecule has 5 nitrogen and oxygen atoms in total. The first-order valence-corrected chi connectivity index (χ1v) is 8.87. The number of anilines is 3. The van der Waals surface area contributed by atoms with Gasteiger partial charge in [0.25, 0.3) is 5.91 Å². The van der Waals surface area contributed by atoms with E-state index < -0.39 is 0 Å². The number of para-hydroxylation sites is 1. The van der Waals surface area contributed by atoms with Crippen molar-refractivity contribution in [3.05, 3.63) is 77.6 Å². The van der Waals surface area contributed by atoms with E-state index >= 15 is 0 Å². The van der Waals surface area contributed by atoms with Crippen molar-refractivity contribution in [1.29, 1.82) is 0 Å². The van der Waals surface area contributed by atoms with E-state index in [1.54, 1.807) is 19.4 Å². The third kappa shape index (κ3) is 4.44. The SMILES string of the molecule is CCc1ccccc1Nc1ccnc(C(=O)Nc2cc(C)ccc2OC)c1. The lowest BCUT2D eigenvalue weighted by atomic mass is 10.1. The van der Waals surface area contributed by atoms with Gasteiger partial charge in [0.05, 0.1) is 12.8 Å². The van der Waals surface area contributed by atoms with Gasteiger partial charge in [-0.25, -0.2) is 0 Å². The molecule has 3 rings (SSSR count). The molecule has 0 saturated heterocycles. The number of carbonyl (C=O) groups is 1. The molecular formula is C22H23N3O2. The number of benzene rings is 2. The monoisotopic (exact) mass is 361 g/mol. The zero-order chi connectivity index (χ0) is 19.2. The first-order chi connectivity index (χ1) is 13.1. The normalized spacial score (nSPS) is 10.3. The minimum absolute atomic E-state index is 0.286. The van der Waals surface area contributed by atoms with Crippen LogP contribution in [0.5, 0.6) is 5.75 Å². The summed E-state index contributed by atoms with van der Waals surface area (Å²) in [5.74, 6) is 0.325. The van der Waals surface area contributed by atoms with E-state index in [1.165, 1.54) is 5.56 Å². The van der Waals surface area contributed by atoms with Crippen LogP contribution in [0.25, 0.3) is 0 Å². The van der Waals surface area contributed by atoms with E-state index in [1.807, 2.05) is 49.4 Å². The second-order valence-electron chi connectivity index (χ2n) is 6.22. The highest BCUT2D eigenvalue weighted by Crippen LogP contribution is 2.26. The Morgan fingerprint density at radius 3 is 2.67 bits per heavy atom. The summed E-state index contributed by atoms with van der Waals surface area (Å²) in [5, 5.41) is 6.25. The standard InChI is InChI=1S/C22H23N3O2/c1-4-16-7-5-6-8-18(16)24-17-11-12-23-20(14-17)22(26)25-19-13-15(2)9-10-21(19)27-3/h5-14H,4H2,1-3H3,(H,23,24)(H,25,26). The Kier molecular flexibility index (Phi) is 5.71. The number of methoxy groups -OCH3 is 1. The van der Waals surface area contributed by atoms with Gasteiger partial charge in [0.2, 0.25) is 0 Å². The predicted molar refractivity (Wildman–Crippen MR) is 109 cm³/mol. The molecule has 0 spiro atoms. The molecule has 0 aliphatic rings. The third-order valence-corrected chi connectivity index (χ3v) is 4.27. The molecule has 1 aromatic heterocycles. The smallest absolute Gasteiger partial charge is 0.274 e. The molecule has 138 valence electrons. The Bertz CT molecular complexity index is 954. The number of carbonyl (C=O) groups excluding carboxylic acids is 1. The lowest BCUT2D eigenvalue weighted by Crippen LogP contribution is -2.14. The van der Waals surface area contributed by atoms with Crippen molar-refractivity contribution in [3.8, 4) is 5.75 Å². The zero-order valence-electron chi connectivity index (χ0n) is 15.7. The van der Waals surface area contributed by atoms with Crippen LogP contribution in [0.15, 0.2) is 60.8 Å². The Hall–Kier alpha value is -3.34. The van der Waals surface area contributed by atoms with E-state index in [0.717, 1.165) is 23.4 Å². The molecule has 1 amide bonds. The third-order valence-electron chi connectivity index (χ3n) is 4.27. The maximum absolute atomic E-state index is 12.7. The number of aromatic nitrogens is 1. The fraction of sp³-hybridized carbons (Fsp3) is 0.182. The molecule has 2 aromatic carbocycles. The number of aryl methyl sites for hydroxylation is 2. The minimum Gasteiger partial charge on any atom is -0.495 e. The number of ether oxygens (including phenoxy) is 1. The molecule has 0 saturated carbocycles. The number of nitrogens with zero attached hydrogens (tertiary/aromatic N) is 1. The van der Waals surface area contributed by atoms with Gasteiger partial charge in [-0.3, -0.25) is 9.78 Å². The average molecular weight is 361 g/mol. The minimum atomic E-state index is -0.286. The van der Waals surface area contributed by atoms with Crippen LogP contribution in [-0.4, -0.2) is 18.0 Å². The van der Waals surface area contributed by atoms with Crippen molar-refractivity contribution in [2.75, 3.05) is 17.7 Å². The molecule has 0 aliphatic heterocycles. The van der Waals surface area contributed by atoms with Gasteiger partial charge in [0, 0.05) is 17.6 Å². The molecule has 5 heteroatoms. The molecule has 0 atom stereocenters. The molecule has 0 bridgehead atoms. The average Bonchev–Trinajstić information content (AvgIpc) is 2.69. The zero-order valence-corrected chi connectivity index (χ0v) is 15.7. The molecule has 0 unspecified atom stereocenters. The van der Waals surface area contributed by atoms with Crippen LogP contribution < -0.4 is 15.4 Å². The highest BCUT2D eigenvalue weighted by Gasteiger charge is 2.12. The van der Waals surface area contributed by atoms with E-state index in [2.05, 4.69) is 28.6 Å². The van der Waals surface area contributed by atoms with E-state index in [-0.39, 0.29) is 5.91 Å². The van der Waals surface area contributed by atoms with Crippen molar-refractivity contribution >= 4 is 23.0 Å². The molecule has 1 heterocycles. The lowest BCUT2D eigenvalue weighted by molar-refractivity contribution is 0.102. The van der Waals surface area contributed by atoms with Gasteiger partial charge in [0.15, 0.2) is 0 Å². The van der Waals surface area contributed by atoms with Crippen LogP contribution in [0.2, 0.25) is 0 Å². The first-order valence-electron chi connectivity index (χ1n) is 8.87. The quantitative estimate of drug-likeness (QED) is 0.651. The topological polar surface area (TPSA) is 63.2 Å². The molecule has 0 radical (unpaired) electrons. The molecule has 27 heavy (non-hydrogen) atoms. The van der Waals surface area contributed by atoms with Crippen molar-refractivity contribution in [1.82, 2.24) is 4.98 Å². The van der Waals surface area contributed by atoms with E-state index in [0.29, 0.717) is 17.1 Å². The number of rotatable bonds is 6. The Balaban J connectivity index is 1.81. The first kappa shape index (κ1) is 18.5. The van der Waals surface area contributed by atoms with Gasteiger partial charge in [0.1, 0.15) is 11.4 Å². The molecule has 3 aromatic rings. The molecule has 2 N–H and O–H groups in total. The molecule has 0 fully saturated rings. The second-order valence-corrected chi connectivity index (χ2v) is 6.22. The maximum atomic E-state index is 12.7. The fourth-order valence-corrected chi connectivity index (χ4v) is 2.84. The number of amides is 1. The largest absolute Gasteiger partial charge is 0.495 e. The van der Waals surface area contributed by atoms with Gasteiger partial charge in [-0.1, -0.05) is 31.2 Å². The summed E-state index contributed by atoms with van der Waals surface area (Å²) in [6.45, 7) is 4.07. The Morgan fingerprint density at radius 1 is 1.07 bits per heavy atom. The summed E-state index contributed by atoms with van der Waals surface area (Å²) >= 11 is 0. The van der Waals surface area contributed by atoms with Gasteiger partial charge in [-0.15, -0.1) is 0 Å². The van der Waals surface area contributed by atoms with Gasteiger partial charge in [-0.2, -0.15) is 0 Å². The van der Waals surface area contributed by atoms with Crippen LogP contribution >= 0.6 is 0 Å². The van der Waals surface area contributed by atoms with Gasteiger partial charge in [-0.05, 0) is 54.8 Å². The number of nitrogens with one attached hydrogen (secondary N) is 2. The van der Waals surface area contributed by atoms with Crippen molar-refractivity contribution < 1.29 is 9.53 Å². The van der Waals surface area contributed by atoms with Crippen LogP contribution in [-0.2, 0) is 6.42 Å². The van der Waals surface area contributed by atoms with E-state index in [4.69, 9.17) is 4.74 Å². The summed E-state index contributed by atoms with van der Waals surface area (Å²) < 4.78 is 5.32. The highest BCUT2D eigenvalue weighted by atomic mass is 16.5. The molecule has 0 aliphatic carbocycles. The summed E-state index contributed by atoms with van der Waals surface area (Å²) in [4.78, 5) is 16.9. The highest BCUT2D eigenvalue weighted by molar-refractivity contribution is 6.04. The summed E-state index contributed by atoms with van der Waals surface area (Å²) in [7, 11) is 1.58. The van der Waals surface area contributed by atoms with Crippen molar-refractivity contribution in [2.24, 2.45) is 0 Å². The lowest BCUT2D eigenvalue weighted by Gasteiger charge is -2.13. The van der Waals surface area contributed by atoms with Gasteiger partial charge >= 0.3 is 0 Å². The predicted octanol–water partition coefficient (Wildman–Crippen LogP) is 4.96. The van der Waals surface area contributed by atoms with Crippen LogP contribution in [0.4, 0.5) is 17.1 Å². The number of hydrogen-bond acceptors (Lipinski definition) is 4. The summed E-state index contributed by atoms with van der Waals surface area (Å²) in [6.07, 6.45) is 2.55. The fourth-order valence-electron chi connectivity index (χ4n) is 2.84. The maximum Gasteiger partial charge on any atom is 0.274 e. The number of pyridine rings is 1. The van der Waals surface area contributed by atoms with Crippen LogP contribution in [0.3, 0.4) is 0 Å². The van der Waals surface area contributed by atoms with Crippen LogP contribution in [0, 0.1) is 6.92 Å². The number of hydrogen-bond donors (Lipinski definition) is 2. The summed E-state index contributed by atoms with van der Waals surface area (Å²) in [5.41, 5.74) is 5.04. The summed E-state index contributed by atoms with van der Waals surface area (Å²) in [6, 6.07) is 17.3. The van der Waals surface area contributed by atoms with Crippen molar-refractivity contribution in [3.63, 3.8) is 0 Å². The van der Waals surface area contributed by atoms with E-state index in [9.17, 15) is 4.79 Å². The van der Waals surface area contributed by atoms with Crippen LogP contribution in [0.1, 0.15) is 28.5 Å².